The van der Waals surface area contributed by atoms with Gasteiger partial charge in [-0.1, -0.05) is 122 Å². The van der Waals surface area contributed by atoms with Crippen LogP contribution in [0.25, 0.3) is 0 Å². The first kappa shape index (κ1) is 43.8. The van der Waals surface area contributed by atoms with Crippen molar-refractivity contribution in [3.8, 4) is 0 Å². The Labute approximate surface area is 275 Å². The number of phosphoric ester groups is 1. The maximum atomic E-state index is 12.5. The maximum Gasteiger partial charge on any atom is 0.472 e. The van der Waals surface area contributed by atoms with Gasteiger partial charge in [0.2, 0.25) is 0 Å². The van der Waals surface area contributed by atoms with Crippen molar-refractivity contribution in [2.45, 2.75) is 161 Å². The molecule has 10 heteroatoms. The predicted octanol–water partition coefficient (Wildman–Crippen LogP) is 9.31. The van der Waals surface area contributed by atoms with E-state index in [0.29, 0.717) is 13.0 Å². The molecule has 0 rings (SSSR count). The van der Waals surface area contributed by atoms with Crippen LogP contribution in [0.3, 0.4) is 0 Å². The number of phosphoric acid groups is 1. The van der Waals surface area contributed by atoms with E-state index in [9.17, 15) is 19.0 Å². The zero-order valence-electron chi connectivity index (χ0n) is 29.3. The lowest BCUT2D eigenvalue weighted by molar-refractivity contribution is -0.161. The molecule has 0 aliphatic rings. The van der Waals surface area contributed by atoms with E-state index in [-0.39, 0.29) is 32.0 Å². The average Bonchev–Trinajstić information content (AvgIpc) is 2.99. The number of carbonyl (C=O) groups excluding carboxylic acids is 2. The van der Waals surface area contributed by atoms with Gasteiger partial charge in [0, 0.05) is 19.4 Å². The monoisotopic (exact) mass is 661 g/mol. The van der Waals surface area contributed by atoms with Gasteiger partial charge in [-0.2, -0.15) is 0 Å². The highest BCUT2D eigenvalue weighted by atomic mass is 31.2. The molecular weight excluding hydrogens is 593 g/mol. The molecule has 2 atom stereocenters. The number of allylic oxidation sites excluding steroid dienone is 2. The van der Waals surface area contributed by atoms with E-state index >= 15 is 0 Å². The van der Waals surface area contributed by atoms with E-state index in [1.807, 2.05) is 19.0 Å². The van der Waals surface area contributed by atoms with E-state index in [2.05, 4.69) is 26.0 Å². The standard InChI is InChI=1S/C35H68NO8P/c1-5-7-9-11-13-15-17-19-21-23-25-27-34(37)41-31-33(32-43-45(39,40)42-30-29-36(3)4)44-35(38)28-26-24-22-20-18-16-14-12-10-8-6-2/h11,13,33H,5-10,12,14-32H2,1-4H3,(H,39,40)/b13-11-. The Bertz CT molecular complexity index is 777. The number of rotatable bonds is 33. The number of hydrogen-bond acceptors (Lipinski definition) is 8. The summed E-state index contributed by atoms with van der Waals surface area (Å²) in [6.07, 6.45) is 26.8. The summed E-state index contributed by atoms with van der Waals surface area (Å²) in [7, 11) is -0.706. The highest BCUT2D eigenvalue weighted by molar-refractivity contribution is 7.47. The third-order valence-corrected chi connectivity index (χ3v) is 8.56. The third kappa shape index (κ3) is 32.5. The fourth-order valence-corrected chi connectivity index (χ4v) is 5.47. The Hall–Kier alpha value is -1.25. The molecule has 45 heavy (non-hydrogen) atoms. The van der Waals surface area contributed by atoms with Crippen LogP contribution in [-0.2, 0) is 32.7 Å². The Morgan fingerprint density at radius 1 is 0.667 bits per heavy atom. The third-order valence-electron chi connectivity index (χ3n) is 7.57. The van der Waals surface area contributed by atoms with Crippen molar-refractivity contribution in [3.05, 3.63) is 12.2 Å². The SMILES string of the molecule is CCCC/C=C\CCCCCCCC(=O)OCC(COP(=O)(O)OCCN(C)C)OC(=O)CCCCCCCCCCCCC. The lowest BCUT2D eigenvalue weighted by Gasteiger charge is -2.20. The number of carbonyl (C=O) groups is 2. The second kappa shape index (κ2) is 31.4. The molecule has 0 heterocycles. The van der Waals surface area contributed by atoms with Gasteiger partial charge in [-0.05, 0) is 46.2 Å². The van der Waals surface area contributed by atoms with Crippen molar-refractivity contribution >= 4 is 19.8 Å². The second-order valence-electron chi connectivity index (χ2n) is 12.4. The van der Waals surface area contributed by atoms with E-state index < -0.39 is 26.5 Å². The van der Waals surface area contributed by atoms with Gasteiger partial charge in [-0.25, -0.2) is 4.57 Å². The summed E-state index contributed by atoms with van der Waals surface area (Å²) in [5.41, 5.74) is 0. The maximum absolute atomic E-state index is 12.5. The van der Waals surface area contributed by atoms with E-state index in [0.717, 1.165) is 57.8 Å². The summed E-state index contributed by atoms with van der Waals surface area (Å²) in [5, 5.41) is 0. The highest BCUT2D eigenvalue weighted by Crippen LogP contribution is 2.43. The van der Waals surface area contributed by atoms with Gasteiger partial charge in [0.1, 0.15) is 6.61 Å². The van der Waals surface area contributed by atoms with Gasteiger partial charge in [-0.3, -0.25) is 18.6 Å². The zero-order valence-corrected chi connectivity index (χ0v) is 30.2. The van der Waals surface area contributed by atoms with Crippen LogP contribution < -0.4 is 0 Å². The first-order chi connectivity index (χ1) is 21.7. The predicted molar refractivity (Wildman–Crippen MR) is 183 cm³/mol. The van der Waals surface area contributed by atoms with E-state index in [4.69, 9.17) is 18.5 Å². The van der Waals surface area contributed by atoms with E-state index in [1.54, 1.807) is 0 Å². The van der Waals surface area contributed by atoms with Crippen molar-refractivity contribution in [2.24, 2.45) is 0 Å². The van der Waals surface area contributed by atoms with Gasteiger partial charge in [0.15, 0.2) is 6.10 Å². The van der Waals surface area contributed by atoms with Crippen LogP contribution in [0.1, 0.15) is 155 Å². The van der Waals surface area contributed by atoms with Crippen LogP contribution in [0.5, 0.6) is 0 Å². The van der Waals surface area contributed by atoms with Crippen molar-refractivity contribution in [3.63, 3.8) is 0 Å². The van der Waals surface area contributed by atoms with Crippen LogP contribution in [0.2, 0.25) is 0 Å². The number of ether oxygens (including phenoxy) is 2. The molecule has 0 radical (unpaired) electrons. The Kier molecular flexibility index (Phi) is 30.5. The molecule has 0 aromatic heterocycles. The topological polar surface area (TPSA) is 112 Å². The molecule has 1 N–H and O–H groups in total. The number of hydrogen-bond donors (Lipinski definition) is 1. The van der Waals surface area contributed by atoms with Gasteiger partial charge >= 0.3 is 19.8 Å². The average molecular weight is 662 g/mol. The molecule has 0 amide bonds. The van der Waals surface area contributed by atoms with Gasteiger partial charge in [-0.15, -0.1) is 0 Å². The molecule has 0 aromatic carbocycles. The summed E-state index contributed by atoms with van der Waals surface area (Å²) in [6, 6.07) is 0. The summed E-state index contributed by atoms with van der Waals surface area (Å²) in [5.74, 6) is -0.813. The van der Waals surface area contributed by atoms with Crippen LogP contribution in [-0.4, -0.2) is 68.3 Å². The summed E-state index contributed by atoms with van der Waals surface area (Å²) >= 11 is 0. The van der Waals surface area contributed by atoms with Crippen LogP contribution >= 0.6 is 7.82 Å². The molecule has 0 aliphatic heterocycles. The molecule has 0 saturated carbocycles. The van der Waals surface area contributed by atoms with Crippen molar-refractivity contribution < 1.29 is 37.6 Å². The van der Waals surface area contributed by atoms with Crippen LogP contribution in [0, 0.1) is 0 Å². The fourth-order valence-electron chi connectivity index (χ4n) is 4.73. The minimum absolute atomic E-state index is 0.00867. The molecule has 9 nitrogen and oxygen atoms in total. The lowest BCUT2D eigenvalue weighted by atomic mass is 10.1. The minimum Gasteiger partial charge on any atom is -0.462 e. The van der Waals surface area contributed by atoms with Gasteiger partial charge in [0.25, 0.3) is 0 Å². The van der Waals surface area contributed by atoms with E-state index in [1.165, 1.54) is 64.2 Å². The van der Waals surface area contributed by atoms with Crippen LogP contribution in [0.15, 0.2) is 12.2 Å². The van der Waals surface area contributed by atoms with Crippen LogP contribution in [0.4, 0.5) is 0 Å². The molecule has 2 unspecified atom stereocenters. The lowest BCUT2D eigenvalue weighted by Crippen LogP contribution is -2.29. The number of nitrogens with zero attached hydrogens (tertiary/aromatic N) is 1. The summed E-state index contributed by atoms with van der Waals surface area (Å²) in [4.78, 5) is 36.7. The zero-order chi connectivity index (χ0) is 33.4. The molecule has 0 spiro atoms. The second-order valence-corrected chi connectivity index (χ2v) is 13.9. The molecule has 266 valence electrons. The fraction of sp³-hybridized carbons (Fsp3) is 0.886. The number of likely N-dealkylation sites (N-methyl/N-ethyl adjacent to an activating group) is 1. The number of esters is 2. The quantitative estimate of drug-likeness (QED) is 0.0318. The minimum atomic E-state index is -4.35. The Morgan fingerprint density at radius 3 is 1.71 bits per heavy atom. The molecule has 0 aliphatic carbocycles. The summed E-state index contributed by atoms with van der Waals surface area (Å²) < 4.78 is 33.2. The smallest absolute Gasteiger partial charge is 0.462 e. The number of unbranched alkanes of at least 4 members (excludes halogenated alkanes) is 17. The highest BCUT2D eigenvalue weighted by Gasteiger charge is 2.26. The van der Waals surface area contributed by atoms with Gasteiger partial charge in [0.05, 0.1) is 13.2 Å². The van der Waals surface area contributed by atoms with Gasteiger partial charge < -0.3 is 19.3 Å². The molecular formula is C35H68NO8P. The first-order valence-corrected chi connectivity index (χ1v) is 19.5. The van der Waals surface area contributed by atoms with Crippen molar-refractivity contribution in [1.29, 1.82) is 0 Å². The molecule has 0 fully saturated rings. The normalized spacial score (nSPS) is 13.7. The first-order valence-electron chi connectivity index (χ1n) is 18.0. The molecule has 0 saturated heterocycles. The Morgan fingerprint density at radius 2 is 1.16 bits per heavy atom. The largest absolute Gasteiger partial charge is 0.472 e. The summed E-state index contributed by atoms with van der Waals surface area (Å²) in [6.45, 7) is 4.25. The van der Waals surface area contributed by atoms with Crippen molar-refractivity contribution in [1.82, 2.24) is 4.90 Å². The molecule has 0 bridgehead atoms. The Balaban J connectivity index is 4.40. The van der Waals surface area contributed by atoms with Crippen molar-refractivity contribution in [2.75, 3.05) is 40.5 Å². The molecule has 0 aromatic rings.